The van der Waals surface area contributed by atoms with Crippen LogP contribution in [0.4, 0.5) is 0 Å². The number of carbonyl (C=O) groups is 1. The number of rotatable bonds is 4. The van der Waals surface area contributed by atoms with Gasteiger partial charge in [0.1, 0.15) is 13.2 Å². The van der Waals surface area contributed by atoms with Crippen molar-refractivity contribution < 1.29 is 14.3 Å². The van der Waals surface area contributed by atoms with Crippen molar-refractivity contribution in [3.05, 3.63) is 58.7 Å². The molecule has 3 rings (SSSR count). The van der Waals surface area contributed by atoms with E-state index in [-0.39, 0.29) is 5.91 Å². The number of aryl methyl sites for hydroxylation is 2. The molecule has 0 saturated carbocycles. The number of hydrogen-bond donors (Lipinski definition) is 1. The Labute approximate surface area is 136 Å². The summed E-state index contributed by atoms with van der Waals surface area (Å²) < 4.78 is 11.1. The molecule has 0 unspecified atom stereocenters. The standard InChI is InChI=1S/C19H21NO3/c1-13-3-5-15(6-4-13)12-20-19(21)11-16-10-18-17(9-14(16)2)22-7-8-23-18/h3-6,9-10H,7-8,11-12H2,1-2H3,(H,20,21). The Hall–Kier alpha value is -2.49. The maximum atomic E-state index is 12.2. The Morgan fingerprint density at radius 2 is 1.70 bits per heavy atom. The lowest BCUT2D eigenvalue weighted by Gasteiger charge is -2.20. The summed E-state index contributed by atoms with van der Waals surface area (Å²) in [7, 11) is 0. The lowest BCUT2D eigenvalue weighted by Crippen LogP contribution is -2.25. The van der Waals surface area contributed by atoms with Gasteiger partial charge in [-0.3, -0.25) is 4.79 Å². The van der Waals surface area contributed by atoms with Gasteiger partial charge in [-0.2, -0.15) is 0 Å². The molecule has 0 atom stereocenters. The van der Waals surface area contributed by atoms with Gasteiger partial charge in [-0.05, 0) is 42.7 Å². The van der Waals surface area contributed by atoms with Gasteiger partial charge in [0.25, 0.3) is 0 Å². The van der Waals surface area contributed by atoms with Crippen LogP contribution in [0.15, 0.2) is 36.4 Å². The summed E-state index contributed by atoms with van der Waals surface area (Å²) in [5.41, 5.74) is 4.32. The van der Waals surface area contributed by atoms with E-state index in [2.05, 4.69) is 5.32 Å². The van der Waals surface area contributed by atoms with Crippen LogP contribution in [0.2, 0.25) is 0 Å². The zero-order valence-electron chi connectivity index (χ0n) is 13.5. The number of hydrogen-bond acceptors (Lipinski definition) is 3. The van der Waals surface area contributed by atoms with Gasteiger partial charge in [0.05, 0.1) is 6.42 Å². The Morgan fingerprint density at radius 3 is 2.39 bits per heavy atom. The first-order valence-electron chi connectivity index (χ1n) is 7.83. The number of amides is 1. The first kappa shape index (κ1) is 15.4. The van der Waals surface area contributed by atoms with Crippen LogP contribution in [0.5, 0.6) is 11.5 Å². The molecule has 4 nitrogen and oxygen atoms in total. The van der Waals surface area contributed by atoms with Gasteiger partial charge < -0.3 is 14.8 Å². The van der Waals surface area contributed by atoms with Crippen molar-refractivity contribution in [2.24, 2.45) is 0 Å². The Bertz CT molecular complexity index is 707. The summed E-state index contributed by atoms with van der Waals surface area (Å²) in [5.74, 6) is 1.49. The third-order valence-electron chi connectivity index (χ3n) is 3.96. The highest BCUT2D eigenvalue weighted by Gasteiger charge is 2.15. The quantitative estimate of drug-likeness (QED) is 0.944. The van der Waals surface area contributed by atoms with Crippen molar-refractivity contribution in [1.29, 1.82) is 0 Å². The summed E-state index contributed by atoms with van der Waals surface area (Å²) in [6, 6.07) is 12.0. The number of ether oxygens (including phenoxy) is 2. The fourth-order valence-corrected chi connectivity index (χ4v) is 2.57. The van der Waals surface area contributed by atoms with E-state index in [0.29, 0.717) is 26.2 Å². The third-order valence-corrected chi connectivity index (χ3v) is 3.96. The van der Waals surface area contributed by atoms with Crippen LogP contribution >= 0.6 is 0 Å². The monoisotopic (exact) mass is 311 g/mol. The van der Waals surface area contributed by atoms with Crippen molar-refractivity contribution in [3.63, 3.8) is 0 Å². The predicted molar refractivity (Wildman–Crippen MR) is 88.9 cm³/mol. The lowest BCUT2D eigenvalue weighted by molar-refractivity contribution is -0.120. The van der Waals surface area contributed by atoms with E-state index < -0.39 is 0 Å². The van der Waals surface area contributed by atoms with E-state index in [4.69, 9.17) is 9.47 Å². The lowest BCUT2D eigenvalue weighted by atomic mass is 10.0. The topological polar surface area (TPSA) is 47.6 Å². The molecule has 0 radical (unpaired) electrons. The van der Waals surface area contributed by atoms with Gasteiger partial charge in [-0.15, -0.1) is 0 Å². The zero-order chi connectivity index (χ0) is 16.2. The van der Waals surface area contributed by atoms with E-state index in [0.717, 1.165) is 28.2 Å². The van der Waals surface area contributed by atoms with Crippen molar-refractivity contribution >= 4 is 5.91 Å². The molecule has 0 saturated heterocycles. The second-order valence-electron chi connectivity index (χ2n) is 5.86. The predicted octanol–water partition coefficient (Wildman–Crippen LogP) is 2.93. The molecular formula is C19H21NO3. The van der Waals surface area contributed by atoms with E-state index in [1.807, 2.05) is 50.2 Å². The second-order valence-corrected chi connectivity index (χ2v) is 5.86. The van der Waals surface area contributed by atoms with E-state index >= 15 is 0 Å². The van der Waals surface area contributed by atoms with Crippen LogP contribution in [0.25, 0.3) is 0 Å². The molecule has 0 spiro atoms. The highest BCUT2D eigenvalue weighted by Crippen LogP contribution is 2.33. The van der Waals surface area contributed by atoms with Crippen molar-refractivity contribution in [2.75, 3.05) is 13.2 Å². The minimum Gasteiger partial charge on any atom is -0.486 e. The van der Waals surface area contributed by atoms with E-state index in [1.165, 1.54) is 5.56 Å². The minimum atomic E-state index is 0.00496. The first-order chi connectivity index (χ1) is 11.1. The van der Waals surface area contributed by atoms with E-state index in [1.54, 1.807) is 0 Å². The van der Waals surface area contributed by atoms with Crippen LogP contribution < -0.4 is 14.8 Å². The summed E-state index contributed by atoms with van der Waals surface area (Å²) in [4.78, 5) is 12.2. The molecule has 2 aromatic rings. The molecule has 0 aliphatic carbocycles. The smallest absolute Gasteiger partial charge is 0.224 e. The highest BCUT2D eigenvalue weighted by molar-refractivity contribution is 5.79. The number of nitrogens with one attached hydrogen (secondary N) is 1. The van der Waals surface area contributed by atoms with Crippen molar-refractivity contribution in [3.8, 4) is 11.5 Å². The Kier molecular flexibility index (Phi) is 4.51. The van der Waals surface area contributed by atoms with Gasteiger partial charge in [-0.25, -0.2) is 0 Å². The Balaban J connectivity index is 1.62. The van der Waals surface area contributed by atoms with E-state index in [9.17, 15) is 4.79 Å². The van der Waals surface area contributed by atoms with Crippen molar-refractivity contribution in [2.45, 2.75) is 26.8 Å². The van der Waals surface area contributed by atoms with Crippen molar-refractivity contribution in [1.82, 2.24) is 5.32 Å². The molecule has 1 heterocycles. The molecule has 0 bridgehead atoms. The van der Waals surface area contributed by atoms with Gasteiger partial charge in [-0.1, -0.05) is 29.8 Å². The molecule has 4 heteroatoms. The number of fused-ring (bicyclic) bond motifs is 1. The summed E-state index contributed by atoms with van der Waals surface area (Å²) in [6.07, 6.45) is 0.342. The molecule has 1 aliphatic heterocycles. The maximum Gasteiger partial charge on any atom is 0.224 e. The van der Waals surface area contributed by atoms with Gasteiger partial charge in [0.2, 0.25) is 5.91 Å². The largest absolute Gasteiger partial charge is 0.486 e. The summed E-state index contributed by atoms with van der Waals surface area (Å²) in [6.45, 7) is 5.70. The molecule has 2 aromatic carbocycles. The zero-order valence-corrected chi connectivity index (χ0v) is 13.5. The summed E-state index contributed by atoms with van der Waals surface area (Å²) in [5, 5.41) is 2.96. The first-order valence-corrected chi connectivity index (χ1v) is 7.83. The van der Waals surface area contributed by atoms with Crippen LogP contribution in [0, 0.1) is 13.8 Å². The molecule has 1 amide bonds. The average Bonchev–Trinajstić information content (AvgIpc) is 2.55. The van der Waals surface area contributed by atoms with Gasteiger partial charge >= 0.3 is 0 Å². The molecule has 1 N–H and O–H groups in total. The maximum absolute atomic E-state index is 12.2. The second kappa shape index (κ2) is 6.73. The number of carbonyl (C=O) groups excluding carboxylic acids is 1. The molecule has 0 fully saturated rings. The molecule has 120 valence electrons. The average molecular weight is 311 g/mol. The van der Waals surface area contributed by atoms with Gasteiger partial charge in [0, 0.05) is 6.54 Å². The SMILES string of the molecule is Cc1ccc(CNC(=O)Cc2cc3c(cc2C)OCCO3)cc1. The number of benzene rings is 2. The fourth-order valence-electron chi connectivity index (χ4n) is 2.57. The third kappa shape index (κ3) is 3.83. The molecule has 0 aromatic heterocycles. The van der Waals surface area contributed by atoms with Gasteiger partial charge in [0.15, 0.2) is 11.5 Å². The van der Waals surface area contributed by atoms with Crippen LogP contribution in [0.3, 0.4) is 0 Å². The van der Waals surface area contributed by atoms with Crippen LogP contribution in [0.1, 0.15) is 22.3 Å². The molecule has 23 heavy (non-hydrogen) atoms. The molecular weight excluding hydrogens is 290 g/mol. The fraction of sp³-hybridized carbons (Fsp3) is 0.316. The Morgan fingerprint density at radius 1 is 1.04 bits per heavy atom. The minimum absolute atomic E-state index is 0.00496. The normalized spacial score (nSPS) is 12.8. The van der Waals surface area contributed by atoms with Crippen LogP contribution in [-0.2, 0) is 17.8 Å². The van der Waals surface area contributed by atoms with Crippen LogP contribution in [-0.4, -0.2) is 19.1 Å². The molecule has 1 aliphatic rings. The highest BCUT2D eigenvalue weighted by atomic mass is 16.6. The summed E-state index contributed by atoms with van der Waals surface area (Å²) >= 11 is 0.